The van der Waals surface area contributed by atoms with Gasteiger partial charge in [-0.05, 0) is 76.2 Å². The number of aliphatic hydroxyl groups is 4. The second-order valence-corrected chi connectivity index (χ2v) is 32.0. The van der Waals surface area contributed by atoms with Crippen LogP contribution in [-0.4, -0.2) is 307 Å². The van der Waals surface area contributed by atoms with Crippen molar-refractivity contribution in [2.75, 3.05) is 81.8 Å². The minimum absolute atomic E-state index is 0.295. The molecule has 0 spiro atoms. The molecule has 16 atom stereocenters. The standard InChI is InChI=1S/C74H123N13O18/c1-28-42(11)53-64(95)82(23)56(41(9)10)67(98)83(24)55(40(7)8)65(96)78(19)36-49(88)80(21)59(73(17,18)103)69(100)85(26)58(44(13)45(14)105-51(90)35-72(15,16)102)68(99)86(27)70(101)61(92)76-52(38(3)4)63(94)84(25)57(43(12)29-2)66(97)79(20)37-50(89)87-48(62(93)81(22)54(39(5)6)60(91)77-53)34-74(104)46-32-30-31-33-47(46)75-71(74)87/h30-33,38-45,48,52-59,70-71,75,101-104H,28-29,34-37H2,1-27H3,(H,76,92)(H,77,91)/t42-,43-,44-,45-,48-,52-,53-,54-,55-,56-,57?,58-,59+,70+,71?,74+/m0/s1. The van der Waals surface area contributed by atoms with E-state index in [4.69, 9.17) is 4.74 Å². The van der Waals surface area contributed by atoms with E-state index < -0.39 is 227 Å². The molecule has 3 heterocycles. The number of fused-ring (bicyclic) bond motifs is 5. The molecule has 2 fully saturated rings. The van der Waals surface area contributed by atoms with Gasteiger partial charge in [0.15, 0.2) is 0 Å². The van der Waals surface area contributed by atoms with Crippen molar-refractivity contribution in [2.45, 2.75) is 240 Å². The van der Waals surface area contributed by atoms with E-state index in [-0.39, 0.29) is 6.42 Å². The van der Waals surface area contributed by atoms with Gasteiger partial charge in [-0.3, -0.25) is 62.3 Å². The van der Waals surface area contributed by atoms with Crippen LogP contribution in [0, 0.1) is 41.4 Å². The summed E-state index contributed by atoms with van der Waals surface area (Å²) in [5.41, 5.74) is -4.74. The number of hydrogen-bond acceptors (Lipinski definition) is 19. The SMILES string of the molecule is CC[C@H](C)C1C(=O)N(C)CC(=O)N2C3Nc4ccccc4[C@]3(O)C[C@H]2C(=O)N(C)[C@@H](C(C)C)C(=O)N[C@@H]([C@@H](C)CC)C(=O)N(C)[C@@H](C(C)C)C(=O)N(C)[C@@H](C(C)C)C(=O)N(C)CC(=O)N(C)[C@@H](C(C)(C)O)C(=O)N(C)[C@@H]([C@@H](C)[C@H](C)OC(=O)CC(C)(C)O)C(=O)N(C)[C@H](O)C(=O)N[C@@H](C(C)C)C(=O)N1C. The van der Waals surface area contributed by atoms with E-state index >= 15 is 43.2 Å². The van der Waals surface area contributed by atoms with Crippen LogP contribution >= 0.6 is 0 Å². The van der Waals surface area contributed by atoms with Crippen molar-refractivity contribution < 1.29 is 87.5 Å². The van der Waals surface area contributed by atoms with Gasteiger partial charge in [0.05, 0.1) is 30.7 Å². The maximum Gasteiger partial charge on any atom is 0.308 e. The number of nitrogens with one attached hydrogen (secondary N) is 3. The molecule has 0 radical (unpaired) electrons. The monoisotopic (exact) mass is 1480 g/mol. The molecule has 0 saturated carbocycles. The van der Waals surface area contributed by atoms with Crippen LogP contribution < -0.4 is 16.0 Å². The Morgan fingerprint density at radius 1 is 0.514 bits per heavy atom. The Bertz CT molecular complexity index is 3350. The molecule has 0 aromatic heterocycles. The number of esters is 1. The minimum atomic E-state index is -2.44. The molecule has 31 nitrogen and oxygen atoms in total. The van der Waals surface area contributed by atoms with Gasteiger partial charge in [0.25, 0.3) is 5.91 Å². The normalized spacial score (nSPS) is 28.2. The number of benzene rings is 1. The van der Waals surface area contributed by atoms with Crippen LogP contribution in [0.25, 0.3) is 0 Å². The predicted molar refractivity (Wildman–Crippen MR) is 390 cm³/mol. The first kappa shape index (κ1) is 89.4. The Morgan fingerprint density at radius 3 is 1.45 bits per heavy atom. The molecule has 7 N–H and O–H groups in total. The molecule has 12 amide bonds. The summed E-state index contributed by atoms with van der Waals surface area (Å²) >= 11 is 0. The van der Waals surface area contributed by atoms with Crippen molar-refractivity contribution in [3.63, 3.8) is 0 Å². The van der Waals surface area contributed by atoms with Gasteiger partial charge in [0.2, 0.25) is 71.2 Å². The zero-order valence-corrected chi connectivity index (χ0v) is 67.0. The van der Waals surface area contributed by atoms with Crippen molar-refractivity contribution in [3.05, 3.63) is 29.8 Å². The lowest BCUT2D eigenvalue weighted by Crippen LogP contribution is -2.65. The quantitative estimate of drug-likeness (QED) is 0.128. The fraction of sp³-hybridized carbons (Fsp3) is 0.743. The van der Waals surface area contributed by atoms with E-state index in [1.165, 1.54) is 101 Å². The number of aliphatic hydroxyl groups excluding tert-OH is 1. The first-order chi connectivity index (χ1) is 48.2. The lowest BCUT2D eigenvalue weighted by Gasteiger charge is -2.43. The first-order valence-electron chi connectivity index (χ1n) is 36.4. The molecule has 0 aliphatic carbocycles. The number of ether oxygens (including phenoxy) is 1. The average Bonchev–Trinajstić information content (AvgIpc) is 1.56. The van der Waals surface area contributed by atoms with Crippen LogP contribution in [0.1, 0.15) is 156 Å². The van der Waals surface area contributed by atoms with Gasteiger partial charge in [-0.2, -0.15) is 0 Å². The van der Waals surface area contributed by atoms with E-state index in [2.05, 4.69) is 16.0 Å². The van der Waals surface area contributed by atoms with Crippen LogP contribution in [0.3, 0.4) is 0 Å². The summed E-state index contributed by atoms with van der Waals surface area (Å²) in [5.74, 6) is -16.6. The third kappa shape index (κ3) is 19.8. The largest absolute Gasteiger partial charge is 0.462 e. The number of para-hydroxylation sites is 1. The summed E-state index contributed by atoms with van der Waals surface area (Å²) < 4.78 is 5.70. The van der Waals surface area contributed by atoms with Crippen molar-refractivity contribution in [1.29, 1.82) is 0 Å². The molecule has 3 aliphatic rings. The topological polar surface area (TPSA) is 381 Å². The summed E-state index contributed by atoms with van der Waals surface area (Å²) in [6.07, 6.45) is -5.24. The van der Waals surface area contributed by atoms with Crippen LogP contribution in [0.15, 0.2) is 24.3 Å². The highest BCUT2D eigenvalue weighted by molar-refractivity contribution is 6.00. The Balaban J connectivity index is 2.00. The van der Waals surface area contributed by atoms with Gasteiger partial charge in [-0.15, -0.1) is 0 Å². The lowest BCUT2D eigenvalue weighted by atomic mass is 9.90. The summed E-state index contributed by atoms with van der Waals surface area (Å²) in [6, 6.07) is -6.51. The van der Waals surface area contributed by atoms with Gasteiger partial charge in [-0.1, -0.05) is 121 Å². The van der Waals surface area contributed by atoms with Crippen molar-refractivity contribution >= 4 is 82.5 Å². The lowest BCUT2D eigenvalue weighted by molar-refractivity contribution is -0.168. The number of nitrogens with zero attached hydrogens (tertiary/aromatic N) is 10. The number of carbonyl (C=O) groups excluding carboxylic acids is 13. The molecule has 2 unspecified atom stereocenters. The van der Waals surface area contributed by atoms with Gasteiger partial charge >= 0.3 is 5.97 Å². The molecular weight excluding hydrogens is 1360 g/mol. The molecular formula is C74H123N13O18. The summed E-state index contributed by atoms with van der Waals surface area (Å²) in [4.78, 5) is 205. The van der Waals surface area contributed by atoms with Crippen molar-refractivity contribution in [2.24, 2.45) is 41.4 Å². The maximum absolute atomic E-state index is 15.5. The van der Waals surface area contributed by atoms with Crippen LogP contribution in [-0.2, 0) is 72.7 Å². The number of likely N-dealkylation sites (N-methyl/N-ethyl adjacent to an activating group) is 9. The number of anilines is 1. The molecule has 31 heteroatoms. The Hall–Kier alpha value is -8.03. The van der Waals surface area contributed by atoms with Gasteiger partial charge < -0.3 is 90.1 Å². The van der Waals surface area contributed by atoms with Crippen LogP contribution in [0.2, 0.25) is 0 Å². The van der Waals surface area contributed by atoms with E-state index in [0.717, 1.165) is 48.4 Å². The van der Waals surface area contributed by atoms with Gasteiger partial charge in [-0.25, -0.2) is 0 Å². The van der Waals surface area contributed by atoms with Crippen LogP contribution in [0.4, 0.5) is 5.69 Å². The molecule has 3 aliphatic heterocycles. The maximum atomic E-state index is 15.5. The Kier molecular flexibility index (Phi) is 30.3. The number of hydrogen-bond donors (Lipinski definition) is 7. The molecule has 2 saturated heterocycles. The smallest absolute Gasteiger partial charge is 0.308 e. The van der Waals surface area contributed by atoms with E-state index in [1.807, 2.05) is 0 Å². The highest BCUT2D eigenvalue weighted by Crippen LogP contribution is 2.50. The van der Waals surface area contributed by atoms with E-state index in [0.29, 0.717) is 29.0 Å². The highest BCUT2D eigenvalue weighted by atomic mass is 16.5. The molecule has 1 aromatic carbocycles. The molecule has 4 rings (SSSR count). The Labute approximate surface area is 620 Å². The molecule has 0 bridgehead atoms. The van der Waals surface area contributed by atoms with Gasteiger partial charge in [0, 0.05) is 87.0 Å². The fourth-order valence-electron chi connectivity index (χ4n) is 14.7. The second-order valence-electron chi connectivity index (χ2n) is 32.0. The zero-order chi connectivity index (χ0) is 80.8. The van der Waals surface area contributed by atoms with E-state index in [1.54, 1.807) is 107 Å². The van der Waals surface area contributed by atoms with Gasteiger partial charge in [0.1, 0.15) is 72.2 Å². The Morgan fingerprint density at radius 2 is 0.952 bits per heavy atom. The second kappa shape index (κ2) is 35.6. The number of carbonyl (C=O) groups is 13. The summed E-state index contributed by atoms with van der Waals surface area (Å²) in [7, 11) is 11.5. The molecule has 592 valence electrons. The van der Waals surface area contributed by atoms with Crippen LogP contribution in [0.5, 0.6) is 0 Å². The first-order valence-corrected chi connectivity index (χ1v) is 36.4. The zero-order valence-electron chi connectivity index (χ0n) is 67.0. The van der Waals surface area contributed by atoms with Crippen molar-refractivity contribution in [3.8, 4) is 0 Å². The fourth-order valence-corrected chi connectivity index (χ4v) is 14.7. The van der Waals surface area contributed by atoms with E-state index in [9.17, 15) is 39.6 Å². The third-order valence-corrected chi connectivity index (χ3v) is 21.3. The number of amides is 12. The number of rotatable bonds is 14. The summed E-state index contributed by atoms with van der Waals surface area (Å²) in [5, 5.41) is 55.8. The molecule has 105 heavy (non-hydrogen) atoms. The summed E-state index contributed by atoms with van der Waals surface area (Å²) in [6.45, 7) is 26.7. The third-order valence-electron chi connectivity index (χ3n) is 21.3. The van der Waals surface area contributed by atoms with Crippen molar-refractivity contribution in [1.82, 2.24) is 59.6 Å². The average molecular weight is 1480 g/mol. The molecule has 1 aromatic rings. The predicted octanol–water partition coefficient (Wildman–Crippen LogP) is 1.08. The minimum Gasteiger partial charge on any atom is -0.462 e. The highest BCUT2D eigenvalue weighted by Gasteiger charge is 2.61.